The van der Waals surface area contributed by atoms with Gasteiger partial charge in [-0.1, -0.05) is 18.2 Å². The molecule has 8 heavy (non-hydrogen) atoms. The van der Waals surface area contributed by atoms with E-state index in [4.69, 9.17) is 5.26 Å². The van der Waals surface area contributed by atoms with Gasteiger partial charge in [0.2, 0.25) is 0 Å². The lowest BCUT2D eigenvalue weighted by atomic mass is 10.4. The second kappa shape index (κ2) is 2.13. The fourth-order valence-electron chi connectivity index (χ4n) is 0.513. The summed E-state index contributed by atoms with van der Waals surface area (Å²) in [6.45, 7) is 0. The topological polar surface area (TPSA) is 23.8 Å². The molecule has 0 fully saturated rings. The Labute approximate surface area is 48.2 Å². The molecule has 0 saturated carbocycles. The Hall–Kier alpha value is -1.29. The van der Waals surface area contributed by atoms with E-state index >= 15 is 0 Å². The van der Waals surface area contributed by atoms with Crippen LogP contribution in [-0.4, -0.2) is 0 Å². The van der Waals surface area contributed by atoms with E-state index in [2.05, 4.69) is 0 Å². The van der Waals surface area contributed by atoms with Gasteiger partial charge in [-0.3, -0.25) is 0 Å². The van der Waals surface area contributed by atoms with Gasteiger partial charge in [0.25, 0.3) is 0 Å². The van der Waals surface area contributed by atoms with Crippen molar-refractivity contribution in [3.05, 3.63) is 35.9 Å². The van der Waals surface area contributed by atoms with Gasteiger partial charge >= 0.3 is 0 Å². The molecule has 0 spiro atoms. The minimum Gasteiger partial charge on any atom is -0.192 e. The standard InChI is InChI=1S/C7H5N/c8-6-7-4-2-1-3-5-7/h1-5H/i7+1. The largest absolute Gasteiger partial charge is 0.192 e. The summed E-state index contributed by atoms with van der Waals surface area (Å²) in [5, 5.41) is 8.29. The minimum absolute atomic E-state index is 0.715. The molecule has 1 heteroatoms. The summed E-state index contributed by atoms with van der Waals surface area (Å²) < 4.78 is 0. The smallest absolute Gasteiger partial charge is 0.0991 e. The number of nitriles is 1. The highest BCUT2D eigenvalue weighted by Crippen LogP contribution is 1.92. The van der Waals surface area contributed by atoms with Crippen LogP contribution in [0.4, 0.5) is 0 Å². The maximum absolute atomic E-state index is 8.29. The van der Waals surface area contributed by atoms with Gasteiger partial charge in [0.15, 0.2) is 0 Å². The summed E-state index contributed by atoms with van der Waals surface area (Å²) in [6.07, 6.45) is 0. The summed E-state index contributed by atoms with van der Waals surface area (Å²) in [4.78, 5) is 0. The lowest BCUT2D eigenvalue weighted by Crippen LogP contribution is -1.66. The van der Waals surface area contributed by atoms with Crippen molar-refractivity contribution in [2.45, 2.75) is 0 Å². The molecule has 1 rings (SSSR count). The molecular weight excluding hydrogens is 99.1 g/mol. The molecule has 1 aromatic rings. The van der Waals surface area contributed by atoms with Crippen LogP contribution in [0, 0.1) is 11.3 Å². The molecule has 0 saturated heterocycles. The Morgan fingerprint density at radius 3 is 2.12 bits per heavy atom. The van der Waals surface area contributed by atoms with Gasteiger partial charge in [0.05, 0.1) is 11.6 Å². The average Bonchev–Trinajstić information content (AvgIpc) is 1.90. The van der Waals surface area contributed by atoms with Crippen molar-refractivity contribution in [2.24, 2.45) is 0 Å². The Balaban J connectivity index is 3.05. The molecule has 0 radical (unpaired) electrons. The molecule has 0 bridgehead atoms. The van der Waals surface area contributed by atoms with Crippen molar-refractivity contribution in [3.8, 4) is 6.07 Å². The van der Waals surface area contributed by atoms with Crippen LogP contribution in [0.3, 0.4) is 0 Å². The molecule has 0 unspecified atom stereocenters. The van der Waals surface area contributed by atoms with E-state index in [0.29, 0.717) is 5.56 Å². The first-order chi connectivity index (χ1) is 3.93. The molecular formula is C7H5N. The number of benzene rings is 1. The van der Waals surface area contributed by atoms with Gasteiger partial charge < -0.3 is 0 Å². The lowest BCUT2D eigenvalue weighted by molar-refractivity contribution is 1.49. The number of rotatable bonds is 0. The zero-order valence-corrected chi connectivity index (χ0v) is 4.33. The first-order valence-corrected chi connectivity index (χ1v) is 2.38. The average molecular weight is 104 g/mol. The monoisotopic (exact) mass is 104 g/mol. The van der Waals surface area contributed by atoms with Crippen LogP contribution in [0.5, 0.6) is 0 Å². The van der Waals surface area contributed by atoms with E-state index in [1.165, 1.54) is 0 Å². The highest BCUT2D eigenvalue weighted by molar-refractivity contribution is 5.27. The summed E-state index contributed by atoms with van der Waals surface area (Å²) in [7, 11) is 0. The molecule has 38 valence electrons. The van der Waals surface area contributed by atoms with E-state index in [0.717, 1.165) is 0 Å². The number of nitrogens with zero attached hydrogens (tertiary/aromatic N) is 1. The predicted octanol–water partition coefficient (Wildman–Crippen LogP) is 1.56. The third-order valence-electron chi connectivity index (χ3n) is 0.903. The van der Waals surface area contributed by atoms with Crippen LogP contribution >= 0.6 is 0 Å². The highest BCUT2D eigenvalue weighted by atomic mass is 14.4. The van der Waals surface area contributed by atoms with Crippen molar-refractivity contribution in [2.75, 3.05) is 0 Å². The fraction of sp³-hybridized carbons (Fsp3) is 0. The van der Waals surface area contributed by atoms with Crippen molar-refractivity contribution in [3.63, 3.8) is 0 Å². The van der Waals surface area contributed by atoms with Crippen molar-refractivity contribution in [1.82, 2.24) is 0 Å². The second-order valence-corrected chi connectivity index (χ2v) is 1.48. The zero-order valence-electron chi connectivity index (χ0n) is 4.33. The van der Waals surface area contributed by atoms with Gasteiger partial charge in [-0.05, 0) is 12.1 Å². The molecule has 0 heterocycles. The maximum Gasteiger partial charge on any atom is 0.0991 e. The molecule has 0 aliphatic heterocycles. The molecule has 0 amide bonds. The molecule has 1 aromatic carbocycles. The summed E-state index contributed by atoms with van der Waals surface area (Å²) in [6, 6.07) is 11.2. The Bertz CT molecular complexity index is 195. The van der Waals surface area contributed by atoms with Gasteiger partial charge in [-0.15, -0.1) is 0 Å². The minimum atomic E-state index is 0.715. The molecule has 0 aliphatic carbocycles. The van der Waals surface area contributed by atoms with E-state index in [9.17, 15) is 0 Å². The maximum atomic E-state index is 8.29. The fourth-order valence-corrected chi connectivity index (χ4v) is 0.513. The van der Waals surface area contributed by atoms with Crippen LogP contribution < -0.4 is 0 Å². The van der Waals surface area contributed by atoms with Crippen molar-refractivity contribution >= 4 is 0 Å². The Morgan fingerprint density at radius 1 is 1.12 bits per heavy atom. The quantitative estimate of drug-likeness (QED) is 0.490. The zero-order chi connectivity index (χ0) is 5.82. The third kappa shape index (κ3) is 0.855. The summed E-state index contributed by atoms with van der Waals surface area (Å²) >= 11 is 0. The van der Waals surface area contributed by atoms with Crippen LogP contribution in [0.2, 0.25) is 0 Å². The van der Waals surface area contributed by atoms with Gasteiger partial charge in [-0.2, -0.15) is 5.26 Å². The predicted molar refractivity (Wildman–Crippen MR) is 31.2 cm³/mol. The molecule has 0 aromatic heterocycles. The van der Waals surface area contributed by atoms with Gasteiger partial charge in [0.1, 0.15) is 0 Å². The molecule has 0 N–H and O–H groups in total. The van der Waals surface area contributed by atoms with Crippen molar-refractivity contribution in [1.29, 1.82) is 5.26 Å². The van der Waals surface area contributed by atoms with Crippen molar-refractivity contribution < 1.29 is 0 Å². The Kier molecular flexibility index (Phi) is 1.29. The molecule has 0 aliphatic rings. The highest BCUT2D eigenvalue weighted by Gasteiger charge is 1.79. The number of hydrogen-bond acceptors (Lipinski definition) is 1. The normalized spacial score (nSPS) is 7.88. The van der Waals surface area contributed by atoms with E-state index in [-0.39, 0.29) is 0 Å². The van der Waals surface area contributed by atoms with Crippen LogP contribution in [-0.2, 0) is 0 Å². The second-order valence-electron chi connectivity index (χ2n) is 1.48. The SMILES string of the molecule is N#C[13c]1ccccc1. The first-order valence-electron chi connectivity index (χ1n) is 2.38. The van der Waals surface area contributed by atoms with Gasteiger partial charge in [0, 0.05) is 0 Å². The van der Waals surface area contributed by atoms with Gasteiger partial charge in [-0.25, -0.2) is 0 Å². The van der Waals surface area contributed by atoms with Crippen LogP contribution in [0.25, 0.3) is 0 Å². The van der Waals surface area contributed by atoms with E-state index in [1.54, 1.807) is 12.1 Å². The summed E-state index contributed by atoms with van der Waals surface area (Å²) in [5.74, 6) is 0. The van der Waals surface area contributed by atoms with Crippen LogP contribution in [0.15, 0.2) is 30.3 Å². The summed E-state index contributed by atoms with van der Waals surface area (Å²) in [5.41, 5.74) is 0.715. The van der Waals surface area contributed by atoms with Crippen LogP contribution in [0.1, 0.15) is 5.56 Å². The Morgan fingerprint density at radius 2 is 1.75 bits per heavy atom. The molecule has 0 atom stereocenters. The first kappa shape index (κ1) is 4.86. The van der Waals surface area contributed by atoms with E-state index in [1.807, 2.05) is 24.3 Å². The lowest BCUT2D eigenvalue weighted by Gasteiger charge is -1.80. The van der Waals surface area contributed by atoms with E-state index < -0.39 is 0 Å². The number of hydrogen-bond donors (Lipinski definition) is 0. The molecule has 1 nitrogen and oxygen atoms in total. The third-order valence-corrected chi connectivity index (χ3v) is 0.903.